The molecule has 0 spiro atoms. The van der Waals surface area contributed by atoms with E-state index in [-0.39, 0.29) is 0 Å². The number of nitrogens with two attached hydrogens (primary N) is 1. The van der Waals surface area contributed by atoms with Gasteiger partial charge in [-0.2, -0.15) is 0 Å². The molecule has 2 aliphatic carbocycles. The van der Waals surface area contributed by atoms with E-state index in [0.29, 0.717) is 12.2 Å². The molecule has 2 fully saturated rings. The Morgan fingerprint density at radius 1 is 0.867 bits per heavy atom. The Bertz CT molecular complexity index is 177. The van der Waals surface area contributed by atoms with Crippen LogP contribution in [0.5, 0.6) is 0 Å². The first-order valence-corrected chi connectivity index (χ1v) is 6.74. The second kappa shape index (κ2) is 5.86. The van der Waals surface area contributed by atoms with Crippen LogP contribution in [0.25, 0.3) is 0 Å². The standard InChI is InChI=1S/C13H25NO/c14-10-11-5-4-8-13(9-11)15-12-6-2-1-3-7-12/h11-13H,1-10,14H2. The number of hydrogen-bond acceptors (Lipinski definition) is 2. The molecule has 2 nitrogen and oxygen atoms in total. The fraction of sp³-hybridized carbons (Fsp3) is 1.00. The summed E-state index contributed by atoms with van der Waals surface area (Å²) in [6, 6.07) is 0. The minimum absolute atomic E-state index is 0.524. The predicted molar refractivity (Wildman–Crippen MR) is 62.8 cm³/mol. The van der Waals surface area contributed by atoms with Crippen molar-refractivity contribution in [1.82, 2.24) is 0 Å². The molecule has 0 heterocycles. The summed E-state index contributed by atoms with van der Waals surface area (Å²) in [5.74, 6) is 0.729. The Labute approximate surface area is 93.6 Å². The Morgan fingerprint density at radius 3 is 2.33 bits per heavy atom. The van der Waals surface area contributed by atoms with Crippen LogP contribution >= 0.6 is 0 Å². The van der Waals surface area contributed by atoms with E-state index in [1.54, 1.807) is 0 Å². The molecule has 0 radical (unpaired) electrons. The van der Waals surface area contributed by atoms with Crippen molar-refractivity contribution in [3.8, 4) is 0 Å². The zero-order valence-electron chi connectivity index (χ0n) is 9.79. The van der Waals surface area contributed by atoms with Crippen LogP contribution in [0.15, 0.2) is 0 Å². The molecule has 15 heavy (non-hydrogen) atoms. The number of rotatable bonds is 3. The maximum absolute atomic E-state index is 6.21. The van der Waals surface area contributed by atoms with Crippen molar-refractivity contribution in [2.24, 2.45) is 11.7 Å². The van der Waals surface area contributed by atoms with Crippen molar-refractivity contribution < 1.29 is 4.74 Å². The molecule has 88 valence electrons. The van der Waals surface area contributed by atoms with Gasteiger partial charge in [0.05, 0.1) is 12.2 Å². The molecule has 0 aliphatic heterocycles. The molecule has 2 N–H and O–H groups in total. The van der Waals surface area contributed by atoms with Crippen molar-refractivity contribution in [2.45, 2.75) is 70.0 Å². The van der Waals surface area contributed by atoms with Crippen LogP contribution in [0.1, 0.15) is 57.8 Å². The van der Waals surface area contributed by atoms with Gasteiger partial charge in [0.15, 0.2) is 0 Å². The smallest absolute Gasteiger partial charge is 0.0582 e. The van der Waals surface area contributed by atoms with Crippen molar-refractivity contribution in [3.63, 3.8) is 0 Å². The Hall–Kier alpha value is -0.0800. The fourth-order valence-electron chi connectivity index (χ4n) is 3.05. The van der Waals surface area contributed by atoms with Gasteiger partial charge >= 0.3 is 0 Å². The summed E-state index contributed by atoms with van der Waals surface area (Å²) >= 11 is 0. The van der Waals surface area contributed by atoms with Crippen molar-refractivity contribution in [1.29, 1.82) is 0 Å². The number of hydrogen-bond donors (Lipinski definition) is 1. The van der Waals surface area contributed by atoms with E-state index in [1.807, 2.05) is 0 Å². The molecular formula is C13H25NO. The highest BCUT2D eigenvalue weighted by Gasteiger charge is 2.24. The average molecular weight is 211 g/mol. The molecule has 0 bridgehead atoms. The summed E-state index contributed by atoms with van der Waals surface area (Å²) in [6.45, 7) is 0.852. The predicted octanol–water partition coefficient (Wildman–Crippen LogP) is 2.85. The van der Waals surface area contributed by atoms with Crippen molar-refractivity contribution >= 4 is 0 Å². The summed E-state index contributed by atoms with van der Waals surface area (Å²) in [6.07, 6.45) is 13.0. The van der Waals surface area contributed by atoms with Crippen molar-refractivity contribution in [3.05, 3.63) is 0 Å². The van der Waals surface area contributed by atoms with Crippen LogP contribution in [-0.2, 0) is 4.74 Å². The zero-order valence-corrected chi connectivity index (χ0v) is 9.79. The van der Waals surface area contributed by atoms with E-state index in [1.165, 1.54) is 57.8 Å². The second-order valence-electron chi connectivity index (χ2n) is 5.29. The van der Waals surface area contributed by atoms with Crippen LogP contribution in [0, 0.1) is 5.92 Å². The van der Waals surface area contributed by atoms with Gasteiger partial charge in [-0.25, -0.2) is 0 Å². The van der Waals surface area contributed by atoms with E-state index in [9.17, 15) is 0 Å². The monoisotopic (exact) mass is 211 g/mol. The normalized spacial score (nSPS) is 34.2. The largest absolute Gasteiger partial charge is 0.375 e. The third-order valence-corrected chi connectivity index (χ3v) is 4.01. The van der Waals surface area contributed by atoms with E-state index < -0.39 is 0 Å². The lowest BCUT2D eigenvalue weighted by Gasteiger charge is -2.33. The molecule has 0 amide bonds. The van der Waals surface area contributed by atoms with E-state index in [4.69, 9.17) is 10.5 Å². The van der Waals surface area contributed by atoms with Gasteiger partial charge < -0.3 is 10.5 Å². The molecule has 2 heteroatoms. The van der Waals surface area contributed by atoms with Gasteiger partial charge in [0.2, 0.25) is 0 Å². The summed E-state index contributed by atoms with van der Waals surface area (Å²) in [5.41, 5.74) is 5.74. The molecule has 0 saturated heterocycles. The SMILES string of the molecule is NCC1CCCC(OC2CCCCC2)C1. The highest BCUT2D eigenvalue weighted by atomic mass is 16.5. The lowest BCUT2D eigenvalue weighted by atomic mass is 9.87. The van der Waals surface area contributed by atoms with Gasteiger partial charge in [-0.1, -0.05) is 25.7 Å². The summed E-state index contributed by atoms with van der Waals surface area (Å²) < 4.78 is 6.21. The summed E-state index contributed by atoms with van der Waals surface area (Å²) in [7, 11) is 0. The molecule has 2 atom stereocenters. The topological polar surface area (TPSA) is 35.2 Å². The Morgan fingerprint density at radius 2 is 1.60 bits per heavy atom. The lowest BCUT2D eigenvalue weighted by Crippen LogP contribution is -2.31. The molecule has 2 rings (SSSR count). The lowest BCUT2D eigenvalue weighted by molar-refractivity contribution is -0.0535. The molecule has 0 aromatic rings. The average Bonchev–Trinajstić information content (AvgIpc) is 2.31. The van der Waals surface area contributed by atoms with E-state index in [0.717, 1.165) is 12.5 Å². The molecule has 2 aliphatic rings. The minimum atomic E-state index is 0.524. The molecular weight excluding hydrogens is 186 g/mol. The summed E-state index contributed by atoms with van der Waals surface area (Å²) in [4.78, 5) is 0. The van der Waals surface area contributed by atoms with Gasteiger partial charge in [0.1, 0.15) is 0 Å². The van der Waals surface area contributed by atoms with Gasteiger partial charge in [0, 0.05) is 0 Å². The highest BCUT2D eigenvalue weighted by molar-refractivity contribution is 4.76. The molecule has 0 aromatic carbocycles. The van der Waals surface area contributed by atoms with Gasteiger partial charge in [0.25, 0.3) is 0 Å². The molecule has 2 unspecified atom stereocenters. The second-order valence-corrected chi connectivity index (χ2v) is 5.29. The van der Waals surface area contributed by atoms with Crippen LogP contribution in [0.4, 0.5) is 0 Å². The van der Waals surface area contributed by atoms with Crippen LogP contribution in [0.2, 0.25) is 0 Å². The van der Waals surface area contributed by atoms with E-state index >= 15 is 0 Å². The zero-order chi connectivity index (χ0) is 10.5. The third-order valence-electron chi connectivity index (χ3n) is 4.01. The first kappa shape index (κ1) is 11.4. The first-order chi connectivity index (χ1) is 7.38. The quantitative estimate of drug-likeness (QED) is 0.779. The Kier molecular flexibility index (Phi) is 4.45. The van der Waals surface area contributed by atoms with Gasteiger partial charge in [-0.3, -0.25) is 0 Å². The van der Waals surface area contributed by atoms with Crippen LogP contribution in [-0.4, -0.2) is 18.8 Å². The number of ether oxygens (including phenoxy) is 1. The summed E-state index contributed by atoms with van der Waals surface area (Å²) in [5, 5.41) is 0. The maximum Gasteiger partial charge on any atom is 0.0582 e. The minimum Gasteiger partial charge on any atom is -0.375 e. The van der Waals surface area contributed by atoms with Crippen molar-refractivity contribution in [2.75, 3.05) is 6.54 Å². The first-order valence-electron chi connectivity index (χ1n) is 6.74. The van der Waals surface area contributed by atoms with Crippen LogP contribution in [0.3, 0.4) is 0 Å². The molecule has 0 aromatic heterocycles. The Balaban J connectivity index is 1.72. The molecule has 2 saturated carbocycles. The fourth-order valence-corrected chi connectivity index (χ4v) is 3.05. The highest BCUT2D eigenvalue weighted by Crippen LogP contribution is 2.29. The van der Waals surface area contributed by atoms with Gasteiger partial charge in [-0.05, 0) is 44.6 Å². The maximum atomic E-state index is 6.21. The van der Waals surface area contributed by atoms with Crippen LogP contribution < -0.4 is 5.73 Å². The van der Waals surface area contributed by atoms with E-state index in [2.05, 4.69) is 0 Å². The van der Waals surface area contributed by atoms with Gasteiger partial charge in [-0.15, -0.1) is 0 Å². The third kappa shape index (κ3) is 3.46.